The van der Waals surface area contributed by atoms with Crippen LogP contribution < -0.4 is 11.2 Å². The molecular weight excluding hydrogens is 263 g/mol. The van der Waals surface area contributed by atoms with Crippen LogP contribution in [0.1, 0.15) is 38.9 Å². The summed E-state index contributed by atoms with van der Waals surface area (Å²) in [5.74, 6) is -0.406. The zero-order valence-electron chi connectivity index (χ0n) is 12.0. The van der Waals surface area contributed by atoms with Gasteiger partial charge in [-0.05, 0) is 39.8 Å². The summed E-state index contributed by atoms with van der Waals surface area (Å²) in [4.78, 5) is 16.7. The lowest BCUT2D eigenvalue weighted by molar-refractivity contribution is -0.0466. The van der Waals surface area contributed by atoms with Crippen LogP contribution in [0.15, 0.2) is 24.3 Å². The molecule has 0 saturated carbocycles. The Balaban J connectivity index is 2.65. The minimum absolute atomic E-state index is 0.301. The van der Waals surface area contributed by atoms with Gasteiger partial charge in [0.2, 0.25) is 0 Å². The van der Waals surface area contributed by atoms with Gasteiger partial charge in [0.25, 0.3) is 0 Å². The van der Waals surface area contributed by atoms with Gasteiger partial charge in [0.05, 0.1) is 0 Å². The Morgan fingerprint density at radius 3 is 2.60 bits per heavy atom. The summed E-state index contributed by atoms with van der Waals surface area (Å²) in [6, 6.07) is 6.19. The molecule has 112 valence electrons. The molecule has 1 aromatic carbocycles. The Bertz CT molecular complexity index is 446. The molecule has 0 aromatic heterocycles. The molecule has 0 heterocycles. The molecule has 0 fully saturated rings. The van der Waals surface area contributed by atoms with E-state index in [1.54, 1.807) is 39.0 Å². The van der Waals surface area contributed by atoms with Crippen molar-refractivity contribution in [3.63, 3.8) is 0 Å². The van der Waals surface area contributed by atoms with E-state index in [9.17, 15) is 9.18 Å². The number of amides is 1. The molecule has 0 radical (unpaired) electrons. The highest BCUT2D eigenvalue weighted by Crippen LogP contribution is 2.22. The summed E-state index contributed by atoms with van der Waals surface area (Å²) in [5, 5.41) is 0. The van der Waals surface area contributed by atoms with Crippen LogP contribution in [-0.2, 0) is 9.57 Å². The van der Waals surface area contributed by atoms with Crippen molar-refractivity contribution in [2.75, 3.05) is 6.54 Å². The molecule has 0 aliphatic heterocycles. The topological polar surface area (TPSA) is 73.6 Å². The minimum Gasteiger partial charge on any atom is -0.442 e. The lowest BCUT2D eigenvalue weighted by atomic mass is 10.1. The number of hydrogen-bond donors (Lipinski definition) is 2. The van der Waals surface area contributed by atoms with Crippen LogP contribution >= 0.6 is 0 Å². The normalized spacial score (nSPS) is 12.8. The third kappa shape index (κ3) is 5.54. The second kappa shape index (κ2) is 7.21. The van der Waals surface area contributed by atoms with Gasteiger partial charge in [0.1, 0.15) is 17.5 Å². The van der Waals surface area contributed by atoms with Gasteiger partial charge in [-0.3, -0.25) is 4.84 Å². The number of benzene rings is 1. The Hall–Kier alpha value is -1.66. The predicted octanol–water partition coefficient (Wildman–Crippen LogP) is 2.67. The summed E-state index contributed by atoms with van der Waals surface area (Å²) in [6.45, 7) is 5.51. The monoisotopic (exact) mass is 284 g/mol. The average molecular weight is 284 g/mol. The van der Waals surface area contributed by atoms with Crippen LogP contribution in [0.5, 0.6) is 0 Å². The number of rotatable bonds is 5. The summed E-state index contributed by atoms with van der Waals surface area (Å²) in [6.07, 6.45) is -1.01. The number of carbonyl (C=O) groups excluding carboxylic acids is 1. The number of halogens is 1. The van der Waals surface area contributed by atoms with Crippen LogP contribution in [0.2, 0.25) is 0 Å². The smallest absolute Gasteiger partial charge is 0.431 e. The fourth-order valence-corrected chi connectivity index (χ4v) is 1.58. The van der Waals surface area contributed by atoms with E-state index in [4.69, 9.17) is 15.3 Å². The second-order valence-corrected chi connectivity index (χ2v) is 5.31. The molecule has 0 bridgehead atoms. The summed E-state index contributed by atoms with van der Waals surface area (Å²) >= 11 is 0. The van der Waals surface area contributed by atoms with Crippen LogP contribution in [0.4, 0.5) is 9.18 Å². The van der Waals surface area contributed by atoms with Gasteiger partial charge in [0.15, 0.2) is 0 Å². The van der Waals surface area contributed by atoms with E-state index in [2.05, 4.69) is 5.48 Å². The molecule has 1 amide bonds. The van der Waals surface area contributed by atoms with Crippen molar-refractivity contribution >= 4 is 6.09 Å². The first-order chi connectivity index (χ1) is 9.33. The SMILES string of the molecule is CC(C)(C)OC(=O)NOC(CCN)c1ccccc1F. The predicted molar refractivity (Wildman–Crippen MR) is 73.3 cm³/mol. The zero-order valence-corrected chi connectivity index (χ0v) is 12.0. The van der Waals surface area contributed by atoms with E-state index in [1.165, 1.54) is 6.07 Å². The lowest BCUT2D eigenvalue weighted by Crippen LogP contribution is -2.34. The fourth-order valence-electron chi connectivity index (χ4n) is 1.58. The molecule has 1 unspecified atom stereocenters. The van der Waals surface area contributed by atoms with Gasteiger partial charge >= 0.3 is 6.09 Å². The first kappa shape index (κ1) is 16.4. The standard InChI is InChI=1S/C14H21FN2O3/c1-14(2,3)19-13(18)17-20-12(8-9-16)10-6-4-5-7-11(10)15/h4-7,12H,8-9,16H2,1-3H3,(H,17,18). The molecule has 0 aliphatic carbocycles. The van der Waals surface area contributed by atoms with Gasteiger partial charge in [-0.2, -0.15) is 5.48 Å². The van der Waals surface area contributed by atoms with Crippen molar-refractivity contribution < 1.29 is 18.8 Å². The maximum Gasteiger partial charge on any atom is 0.431 e. The third-order valence-electron chi connectivity index (χ3n) is 2.36. The molecule has 1 atom stereocenters. The van der Waals surface area contributed by atoms with Crippen molar-refractivity contribution in [1.82, 2.24) is 5.48 Å². The molecule has 1 aromatic rings. The van der Waals surface area contributed by atoms with Crippen LogP contribution in [0.3, 0.4) is 0 Å². The van der Waals surface area contributed by atoms with Crippen LogP contribution in [0, 0.1) is 5.82 Å². The molecular formula is C14H21FN2O3. The molecule has 1 rings (SSSR count). The number of ether oxygens (including phenoxy) is 1. The van der Waals surface area contributed by atoms with Crippen molar-refractivity contribution in [1.29, 1.82) is 0 Å². The average Bonchev–Trinajstić information content (AvgIpc) is 2.33. The van der Waals surface area contributed by atoms with Gasteiger partial charge < -0.3 is 10.5 Å². The fraction of sp³-hybridized carbons (Fsp3) is 0.500. The van der Waals surface area contributed by atoms with Crippen LogP contribution in [0.25, 0.3) is 0 Å². The number of carbonyl (C=O) groups is 1. The molecule has 6 heteroatoms. The van der Waals surface area contributed by atoms with E-state index in [0.29, 0.717) is 18.5 Å². The summed E-state index contributed by atoms with van der Waals surface area (Å²) < 4.78 is 18.7. The molecule has 5 nitrogen and oxygen atoms in total. The molecule has 3 N–H and O–H groups in total. The van der Waals surface area contributed by atoms with E-state index >= 15 is 0 Å². The highest BCUT2D eigenvalue weighted by molar-refractivity contribution is 5.66. The highest BCUT2D eigenvalue weighted by atomic mass is 19.1. The van der Waals surface area contributed by atoms with Crippen molar-refractivity contribution in [3.05, 3.63) is 35.6 Å². The van der Waals surface area contributed by atoms with Crippen molar-refractivity contribution in [2.24, 2.45) is 5.73 Å². The quantitative estimate of drug-likeness (QED) is 0.815. The van der Waals surface area contributed by atoms with E-state index in [1.807, 2.05) is 0 Å². The van der Waals surface area contributed by atoms with Crippen LogP contribution in [-0.4, -0.2) is 18.2 Å². The molecule has 20 heavy (non-hydrogen) atoms. The Morgan fingerprint density at radius 2 is 2.05 bits per heavy atom. The first-order valence-electron chi connectivity index (χ1n) is 6.42. The maximum absolute atomic E-state index is 13.7. The number of hydrogen-bond acceptors (Lipinski definition) is 4. The Morgan fingerprint density at radius 1 is 1.40 bits per heavy atom. The number of hydroxylamine groups is 1. The highest BCUT2D eigenvalue weighted by Gasteiger charge is 2.20. The van der Waals surface area contributed by atoms with Gasteiger partial charge in [0, 0.05) is 5.56 Å². The van der Waals surface area contributed by atoms with Gasteiger partial charge in [-0.1, -0.05) is 18.2 Å². The van der Waals surface area contributed by atoms with Crippen molar-refractivity contribution in [3.8, 4) is 0 Å². The maximum atomic E-state index is 13.7. The zero-order chi connectivity index (χ0) is 15.2. The van der Waals surface area contributed by atoms with Gasteiger partial charge in [-0.25, -0.2) is 9.18 Å². The number of nitrogens with two attached hydrogens (primary N) is 1. The molecule has 0 spiro atoms. The minimum atomic E-state index is -0.726. The summed E-state index contributed by atoms with van der Waals surface area (Å²) in [7, 11) is 0. The number of nitrogens with one attached hydrogen (secondary N) is 1. The first-order valence-corrected chi connectivity index (χ1v) is 6.42. The summed E-state index contributed by atoms with van der Waals surface area (Å²) in [5.41, 5.74) is 7.36. The largest absolute Gasteiger partial charge is 0.442 e. The Kier molecular flexibility index (Phi) is 5.91. The molecule has 0 aliphatic rings. The van der Waals surface area contributed by atoms with Gasteiger partial charge in [-0.15, -0.1) is 0 Å². The van der Waals surface area contributed by atoms with E-state index in [-0.39, 0.29) is 0 Å². The molecule has 0 saturated heterocycles. The van der Waals surface area contributed by atoms with Crippen molar-refractivity contribution in [2.45, 2.75) is 38.9 Å². The second-order valence-electron chi connectivity index (χ2n) is 5.31. The third-order valence-corrected chi connectivity index (χ3v) is 2.36. The Labute approximate surface area is 118 Å². The lowest BCUT2D eigenvalue weighted by Gasteiger charge is -2.22. The van der Waals surface area contributed by atoms with E-state index in [0.717, 1.165) is 0 Å². The van der Waals surface area contributed by atoms with E-state index < -0.39 is 23.6 Å².